The minimum absolute atomic E-state index is 0.0543. The lowest BCUT2D eigenvalue weighted by atomic mass is 10.0. The van der Waals surface area contributed by atoms with Crippen molar-refractivity contribution in [3.63, 3.8) is 0 Å². The Morgan fingerprint density at radius 3 is 2.76 bits per heavy atom. The number of anilines is 1. The normalized spacial score (nSPS) is 10.7. The Labute approximate surface area is 129 Å². The SMILES string of the molecule is CCc1nc(N(N)CCO)c(Cl)cc1-c1ccnc(C)c1. The van der Waals surface area contributed by atoms with E-state index in [2.05, 4.69) is 9.97 Å². The Hall–Kier alpha value is -1.69. The number of pyridine rings is 2. The lowest BCUT2D eigenvalue weighted by molar-refractivity contribution is 0.302. The Morgan fingerprint density at radius 2 is 2.14 bits per heavy atom. The molecule has 2 rings (SSSR count). The molecule has 6 heteroatoms. The van der Waals surface area contributed by atoms with Gasteiger partial charge in [0.2, 0.25) is 0 Å². The zero-order valence-electron chi connectivity index (χ0n) is 12.2. The van der Waals surface area contributed by atoms with Crippen LogP contribution in [0, 0.1) is 6.92 Å². The largest absolute Gasteiger partial charge is 0.394 e. The molecule has 0 fully saturated rings. The summed E-state index contributed by atoms with van der Waals surface area (Å²) in [7, 11) is 0. The Bertz CT molecular complexity index is 633. The summed E-state index contributed by atoms with van der Waals surface area (Å²) in [5.41, 5.74) is 3.86. The van der Waals surface area contributed by atoms with E-state index < -0.39 is 0 Å². The summed E-state index contributed by atoms with van der Waals surface area (Å²) in [6, 6.07) is 5.81. The van der Waals surface area contributed by atoms with Gasteiger partial charge in [-0.15, -0.1) is 0 Å². The first-order valence-corrected chi connectivity index (χ1v) is 7.20. The van der Waals surface area contributed by atoms with Gasteiger partial charge in [0.25, 0.3) is 0 Å². The quantitative estimate of drug-likeness (QED) is 0.655. The van der Waals surface area contributed by atoms with Crippen molar-refractivity contribution in [3.8, 4) is 11.1 Å². The van der Waals surface area contributed by atoms with Gasteiger partial charge in [-0.3, -0.25) is 9.99 Å². The van der Waals surface area contributed by atoms with E-state index in [1.54, 1.807) is 6.20 Å². The van der Waals surface area contributed by atoms with Crippen LogP contribution in [0.2, 0.25) is 5.02 Å². The Morgan fingerprint density at radius 1 is 1.38 bits per heavy atom. The molecule has 112 valence electrons. The highest BCUT2D eigenvalue weighted by atomic mass is 35.5. The predicted molar refractivity (Wildman–Crippen MR) is 85.2 cm³/mol. The number of hydrogen-bond donors (Lipinski definition) is 2. The molecule has 0 amide bonds. The molecule has 21 heavy (non-hydrogen) atoms. The lowest BCUT2D eigenvalue weighted by Crippen LogP contribution is -2.34. The van der Waals surface area contributed by atoms with Crippen molar-refractivity contribution in [2.24, 2.45) is 5.84 Å². The van der Waals surface area contributed by atoms with Crippen LogP contribution in [0.25, 0.3) is 11.1 Å². The van der Waals surface area contributed by atoms with Gasteiger partial charge in [-0.05, 0) is 37.1 Å². The molecule has 0 aromatic carbocycles. The highest BCUT2D eigenvalue weighted by Crippen LogP contribution is 2.31. The van der Waals surface area contributed by atoms with Crippen molar-refractivity contribution in [3.05, 3.63) is 40.8 Å². The third-order valence-corrected chi connectivity index (χ3v) is 3.47. The molecule has 0 bridgehead atoms. The summed E-state index contributed by atoms with van der Waals surface area (Å²) >= 11 is 6.30. The molecule has 0 spiro atoms. The van der Waals surface area contributed by atoms with E-state index in [-0.39, 0.29) is 13.2 Å². The summed E-state index contributed by atoms with van der Waals surface area (Å²) in [5, 5.41) is 10.8. The minimum Gasteiger partial charge on any atom is -0.394 e. The second kappa shape index (κ2) is 6.85. The van der Waals surface area contributed by atoms with Crippen LogP contribution in [0.1, 0.15) is 18.3 Å². The highest BCUT2D eigenvalue weighted by molar-refractivity contribution is 6.33. The predicted octanol–water partition coefficient (Wildman–Crippen LogP) is 2.34. The van der Waals surface area contributed by atoms with Gasteiger partial charge in [-0.25, -0.2) is 10.8 Å². The maximum absolute atomic E-state index is 8.98. The average Bonchev–Trinajstić information content (AvgIpc) is 2.47. The number of aromatic nitrogens is 2. The topological polar surface area (TPSA) is 75.3 Å². The van der Waals surface area contributed by atoms with Crippen LogP contribution < -0.4 is 10.9 Å². The second-order valence-corrected chi connectivity index (χ2v) is 5.15. The van der Waals surface area contributed by atoms with Gasteiger partial charge < -0.3 is 5.11 Å². The molecule has 0 aliphatic rings. The number of nitrogens with zero attached hydrogens (tertiary/aromatic N) is 3. The fourth-order valence-electron chi connectivity index (χ4n) is 2.16. The monoisotopic (exact) mass is 306 g/mol. The average molecular weight is 307 g/mol. The molecule has 0 unspecified atom stereocenters. The van der Waals surface area contributed by atoms with E-state index in [1.807, 2.05) is 32.0 Å². The van der Waals surface area contributed by atoms with Gasteiger partial charge in [-0.1, -0.05) is 18.5 Å². The molecule has 3 N–H and O–H groups in total. The molecule has 0 aliphatic carbocycles. The number of aliphatic hydroxyl groups is 1. The first kappa shape index (κ1) is 15.7. The standard InChI is InChI=1S/C15H19ClN4O/c1-3-14-12(11-4-5-18-10(2)8-11)9-13(16)15(19-14)20(17)6-7-21/h4-5,8-9,21H,3,6-7,17H2,1-2H3. The number of halogens is 1. The van der Waals surface area contributed by atoms with Crippen molar-refractivity contribution >= 4 is 17.4 Å². The van der Waals surface area contributed by atoms with Crippen LogP contribution in [-0.4, -0.2) is 28.2 Å². The summed E-state index contributed by atoms with van der Waals surface area (Å²) in [5.74, 6) is 6.34. The van der Waals surface area contributed by atoms with E-state index in [9.17, 15) is 0 Å². The maximum Gasteiger partial charge on any atom is 0.161 e. The van der Waals surface area contributed by atoms with Gasteiger partial charge >= 0.3 is 0 Å². The molecule has 0 atom stereocenters. The smallest absolute Gasteiger partial charge is 0.161 e. The van der Waals surface area contributed by atoms with Crippen molar-refractivity contribution in [2.75, 3.05) is 18.2 Å². The Balaban J connectivity index is 2.51. The number of nitrogens with two attached hydrogens (primary N) is 1. The van der Waals surface area contributed by atoms with Crippen molar-refractivity contribution < 1.29 is 5.11 Å². The number of hydrogen-bond acceptors (Lipinski definition) is 5. The van der Waals surface area contributed by atoms with Gasteiger partial charge in [0, 0.05) is 17.5 Å². The molecular weight excluding hydrogens is 288 g/mol. The van der Waals surface area contributed by atoms with Crippen molar-refractivity contribution in [1.29, 1.82) is 0 Å². The fraction of sp³-hybridized carbons (Fsp3) is 0.333. The fourth-order valence-corrected chi connectivity index (χ4v) is 2.42. The third-order valence-electron chi connectivity index (χ3n) is 3.19. The minimum atomic E-state index is -0.0543. The maximum atomic E-state index is 8.98. The highest BCUT2D eigenvalue weighted by Gasteiger charge is 2.14. The summed E-state index contributed by atoms with van der Waals surface area (Å²) in [6.07, 6.45) is 2.53. The molecule has 0 saturated heterocycles. The molecule has 2 aromatic rings. The second-order valence-electron chi connectivity index (χ2n) is 4.74. The van der Waals surface area contributed by atoms with E-state index in [1.165, 1.54) is 5.01 Å². The van der Waals surface area contributed by atoms with Crippen LogP contribution in [-0.2, 0) is 6.42 Å². The first-order valence-electron chi connectivity index (χ1n) is 6.82. The number of aryl methyl sites for hydroxylation is 2. The molecule has 2 heterocycles. The zero-order valence-corrected chi connectivity index (χ0v) is 12.9. The molecular formula is C15H19ClN4O. The van der Waals surface area contributed by atoms with Crippen LogP contribution in [0.3, 0.4) is 0 Å². The van der Waals surface area contributed by atoms with Crippen LogP contribution >= 0.6 is 11.6 Å². The van der Waals surface area contributed by atoms with Gasteiger partial charge in [0.1, 0.15) is 0 Å². The first-order chi connectivity index (χ1) is 10.1. The number of aliphatic hydroxyl groups excluding tert-OH is 1. The Kier molecular flexibility index (Phi) is 5.12. The number of rotatable bonds is 5. The van der Waals surface area contributed by atoms with Crippen LogP contribution in [0.4, 0.5) is 5.82 Å². The van der Waals surface area contributed by atoms with E-state index >= 15 is 0 Å². The number of hydrazine groups is 1. The van der Waals surface area contributed by atoms with Gasteiger partial charge in [0.05, 0.1) is 23.9 Å². The van der Waals surface area contributed by atoms with E-state index in [0.29, 0.717) is 10.8 Å². The van der Waals surface area contributed by atoms with Gasteiger partial charge in [0.15, 0.2) is 5.82 Å². The van der Waals surface area contributed by atoms with E-state index in [4.69, 9.17) is 22.6 Å². The van der Waals surface area contributed by atoms with Gasteiger partial charge in [-0.2, -0.15) is 0 Å². The summed E-state index contributed by atoms with van der Waals surface area (Å²) in [4.78, 5) is 8.76. The lowest BCUT2D eigenvalue weighted by Gasteiger charge is -2.20. The molecule has 0 radical (unpaired) electrons. The zero-order chi connectivity index (χ0) is 15.4. The molecule has 2 aromatic heterocycles. The summed E-state index contributed by atoms with van der Waals surface area (Å²) < 4.78 is 0. The molecule has 0 aliphatic heterocycles. The molecule has 5 nitrogen and oxygen atoms in total. The third kappa shape index (κ3) is 3.50. The summed E-state index contributed by atoms with van der Waals surface area (Å²) in [6.45, 7) is 4.21. The van der Waals surface area contributed by atoms with Crippen LogP contribution in [0.15, 0.2) is 24.4 Å². The van der Waals surface area contributed by atoms with E-state index in [0.717, 1.165) is 28.9 Å². The van der Waals surface area contributed by atoms with Crippen LogP contribution in [0.5, 0.6) is 0 Å². The molecule has 0 saturated carbocycles. The van der Waals surface area contributed by atoms with Crippen molar-refractivity contribution in [1.82, 2.24) is 9.97 Å². The van der Waals surface area contributed by atoms with Crippen molar-refractivity contribution in [2.45, 2.75) is 20.3 Å².